The Balaban J connectivity index is 1.81. The zero-order valence-corrected chi connectivity index (χ0v) is 13.5. The maximum absolute atomic E-state index is 12.3. The van der Waals surface area contributed by atoms with Crippen molar-refractivity contribution in [3.63, 3.8) is 0 Å². The van der Waals surface area contributed by atoms with Gasteiger partial charge in [0.15, 0.2) is 0 Å². The fraction of sp³-hybridized carbons (Fsp3) is 0.222. The third kappa shape index (κ3) is 3.17. The molecule has 0 spiro atoms. The summed E-state index contributed by atoms with van der Waals surface area (Å²) in [6, 6.07) is 12.1. The number of nitrogens with zero attached hydrogens (tertiary/aromatic N) is 1. The van der Waals surface area contributed by atoms with E-state index in [9.17, 15) is 9.59 Å². The Morgan fingerprint density at radius 1 is 1.17 bits per heavy atom. The summed E-state index contributed by atoms with van der Waals surface area (Å²) in [5.74, 6) is 1.04. The first-order chi connectivity index (χ1) is 11.6. The molecule has 1 N–H and O–H groups in total. The molecule has 24 heavy (non-hydrogen) atoms. The highest BCUT2D eigenvalue weighted by Crippen LogP contribution is 2.34. The molecule has 1 aliphatic rings. The van der Waals surface area contributed by atoms with Crippen LogP contribution in [0.15, 0.2) is 42.5 Å². The van der Waals surface area contributed by atoms with E-state index in [0.717, 1.165) is 0 Å². The first kappa shape index (κ1) is 15.9. The molecule has 6 heteroatoms. The van der Waals surface area contributed by atoms with E-state index in [1.165, 1.54) is 6.92 Å². The third-order valence-electron chi connectivity index (χ3n) is 3.81. The van der Waals surface area contributed by atoms with Crippen LogP contribution in [0.4, 0.5) is 11.4 Å². The highest BCUT2D eigenvalue weighted by Gasteiger charge is 2.21. The van der Waals surface area contributed by atoms with Crippen molar-refractivity contribution in [2.45, 2.75) is 6.92 Å². The van der Waals surface area contributed by atoms with Crippen LogP contribution in [0.3, 0.4) is 0 Å². The van der Waals surface area contributed by atoms with Crippen LogP contribution >= 0.6 is 0 Å². The van der Waals surface area contributed by atoms with Crippen molar-refractivity contribution < 1.29 is 19.1 Å². The predicted octanol–water partition coefficient (Wildman–Crippen LogP) is 2.69. The molecule has 2 aromatic rings. The lowest BCUT2D eigenvalue weighted by molar-refractivity contribution is -0.116. The van der Waals surface area contributed by atoms with E-state index in [1.807, 2.05) is 0 Å². The molecule has 6 nitrogen and oxygen atoms in total. The number of methoxy groups -OCH3 is 1. The molecule has 2 amide bonds. The number of ether oxygens (including phenoxy) is 2. The normalized spacial score (nSPS) is 12.8. The van der Waals surface area contributed by atoms with Crippen molar-refractivity contribution >= 4 is 23.2 Å². The van der Waals surface area contributed by atoms with Gasteiger partial charge in [-0.1, -0.05) is 0 Å². The van der Waals surface area contributed by atoms with Crippen LogP contribution in [0.5, 0.6) is 11.5 Å². The maximum Gasteiger partial charge on any atom is 0.255 e. The fourth-order valence-electron chi connectivity index (χ4n) is 2.57. The standard InChI is InChI=1S/C18H18N2O4/c1-12(21)20-9-10-24-17-8-5-14(11-16(17)20)19-18(22)13-3-6-15(23-2)7-4-13/h3-8,11H,9-10H2,1-2H3,(H,19,22). The molecule has 3 rings (SSSR count). The first-order valence-electron chi connectivity index (χ1n) is 7.59. The van der Waals surface area contributed by atoms with E-state index in [1.54, 1.807) is 54.5 Å². The number of amides is 2. The molecule has 0 radical (unpaired) electrons. The third-order valence-corrected chi connectivity index (χ3v) is 3.81. The van der Waals surface area contributed by atoms with E-state index in [0.29, 0.717) is 41.6 Å². The molecular weight excluding hydrogens is 308 g/mol. The van der Waals surface area contributed by atoms with E-state index >= 15 is 0 Å². The SMILES string of the molecule is COc1ccc(C(=O)Nc2ccc3c(c2)N(C(C)=O)CCO3)cc1. The molecule has 1 aliphatic heterocycles. The maximum atomic E-state index is 12.3. The second-order valence-corrected chi connectivity index (χ2v) is 5.38. The number of carbonyl (C=O) groups excluding carboxylic acids is 2. The van der Waals surface area contributed by atoms with Crippen molar-refractivity contribution in [3.8, 4) is 11.5 Å². The lowest BCUT2D eigenvalue weighted by atomic mass is 10.1. The van der Waals surface area contributed by atoms with Crippen molar-refractivity contribution in [1.29, 1.82) is 0 Å². The molecule has 0 aliphatic carbocycles. The zero-order chi connectivity index (χ0) is 17.1. The van der Waals surface area contributed by atoms with E-state index in [2.05, 4.69) is 5.32 Å². The van der Waals surface area contributed by atoms with E-state index in [4.69, 9.17) is 9.47 Å². The summed E-state index contributed by atoms with van der Waals surface area (Å²) < 4.78 is 10.6. The minimum atomic E-state index is -0.233. The summed E-state index contributed by atoms with van der Waals surface area (Å²) in [4.78, 5) is 25.7. The van der Waals surface area contributed by atoms with Gasteiger partial charge >= 0.3 is 0 Å². The van der Waals surface area contributed by atoms with Gasteiger partial charge in [-0.25, -0.2) is 0 Å². The lowest BCUT2D eigenvalue weighted by Gasteiger charge is -2.29. The molecule has 0 aromatic heterocycles. The van der Waals surface area contributed by atoms with Crippen LogP contribution in [0.1, 0.15) is 17.3 Å². The van der Waals surface area contributed by atoms with Gasteiger partial charge in [0.1, 0.15) is 18.1 Å². The minimum Gasteiger partial charge on any atom is -0.497 e. The van der Waals surface area contributed by atoms with Gasteiger partial charge in [-0.15, -0.1) is 0 Å². The Labute approximate surface area is 140 Å². The molecule has 0 saturated carbocycles. The number of carbonyl (C=O) groups is 2. The number of fused-ring (bicyclic) bond motifs is 1. The molecule has 1 heterocycles. The second-order valence-electron chi connectivity index (χ2n) is 5.38. The number of anilines is 2. The highest BCUT2D eigenvalue weighted by molar-refractivity contribution is 6.05. The van der Waals surface area contributed by atoms with Crippen molar-refractivity contribution in [1.82, 2.24) is 0 Å². The fourth-order valence-corrected chi connectivity index (χ4v) is 2.57. The van der Waals surface area contributed by atoms with Crippen LogP contribution in [0.25, 0.3) is 0 Å². The summed E-state index contributed by atoms with van der Waals surface area (Å²) in [5, 5.41) is 2.83. The number of hydrogen-bond donors (Lipinski definition) is 1. The van der Waals surface area contributed by atoms with Gasteiger partial charge in [0.05, 0.1) is 19.3 Å². The van der Waals surface area contributed by atoms with E-state index < -0.39 is 0 Å². The van der Waals surface area contributed by atoms with Gasteiger partial charge in [0.2, 0.25) is 5.91 Å². The van der Waals surface area contributed by atoms with Crippen LogP contribution in [-0.2, 0) is 4.79 Å². The summed E-state index contributed by atoms with van der Waals surface area (Å²) in [5.41, 5.74) is 1.79. The number of hydrogen-bond acceptors (Lipinski definition) is 4. The first-order valence-corrected chi connectivity index (χ1v) is 7.59. The van der Waals surface area contributed by atoms with Gasteiger partial charge < -0.3 is 19.7 Å². The summed E-state index contributed by atoms with van der Waals surface area (Å²) in [6.45, 7) is 2.47. The van der Waals surface area contributed by atoms with Crippen LogP contribution < -0.4 is 19.7 Å². The number of nitrogens with one attached hydrogen (secondary N) is 1. The van der Waals surface area contributed by atoms with Gasteiger partial charge in [-0.2, -0.15) is 0 Å². The summed E-state index contributed by atoms with van der Waals surface area (Å²) in [6.07, 6.45) is 0. The van der Waals surface area contributed by atoms with Gasteiger partial charge in [-0.05, 0) is 42.5 Å². The molecule has 0 fully saturated rings. The Kier molecular flexibility index (Phi) is 4.37. The van der Waals surface area contributed by atoms with Gasteiger partial charge in [0.25, 0.3) is 5.91 Å². The Hall–Kier alpha value is -3.02. The zero-order valence-electron chi connectivity index (χ0n) is 13.5. The molecule has 0 bridgehead atoms. The monoisotopic (exact) mass is 326 g/mol. The topological polar surface area (TPSA) is 67.9 Å². The van der Waals surface area contributed by atoms with Gasteiger partial charge in [-0.3, -0.25) is 9.59 Å². The van der Waals surface area contributed by atoms with Crippen molar-refractivity contribution in [2.24, 2.45) is 0 Å². The largest absolute Gasteiger partial charge is 0.497 e. The summed E-state index contributed by atoms with van der Waals surface area (Å²) >= 11 is 0. The van der Waals surface area contributed by atoms with Crippen LogP contribution in [-0.4, -0.2) is 32.1 Å². The van der Waals surface area contributed by atoms with Crippen LogP contribution in [0.2, 0.25) is 0 Å². The quantitative estimate of drug-likeness (QED) is 0.941. The molecule has 0 saturated heterocycles. The smallest absolute Gasteiger partial charge is 0.255 e. The molecule has 124 valence electrons. The predicted molar refractivity (Wildman–Crippen MR) is 90.9 cm³/mol. The minimum absolute atomic E-state index is 0.0572. The summed E-state index contributed by atoms with van der Waals surface area (Å²) in [7, 11) is 1.57. The average Bonchev–Trinajstić information content (AvgIpc) is 2.61. The molecule has 0 unspecified atom stereocenters. The number of benzene rings is 2. The second kappa shape index (κ2) is 6.62. The Morgan fingerprint density at radius 2 is 1.92 bits per heavy atom. The Morgan fingerprint density at radius 3 is 2.58 bits per heavy atom. The van der Waals surface area contributed by atoms with Crippen LogP contribution in [0, 0.1) is 0 Å². The lowest BCUT2D eigenvalue weighted by Crippen LogP contribution is -2.36. The molecule has 2 aromatic carbocycles. The number of rotatable bonds is 3. The highest BCUT2D eigenvalue weighted by atomic mass is 16.5. The van der Waals surface area contributed by atoms with Gasteiger partial charge in [0, 0.05) is 18.2 Å². The van der Waals surface area contributed by atoms with E-state index in [-0.39, 0.29) is 11.8 Å². The molecular formula is C18H18N2O4. The Bertz CT molecular complexity index is 771. The average molecular weight is 326 g/mol. The molecule has 0 atom stereocenters. The van der Waals surface area contributed by atoms with Crippen molar-refractivity contribution in [3.05, 3.63) is 48.0 Å². The van der Waals surface area contributed by atoms with Crippen molar-refractivity contribution in [2.75, 3.05) is 30.5 Å².